The molecule has 0 saturated carbocycles. The first-order chi connectivity index (χ1) is 6.33. The molecule has 1 nitrogen and oxygen atoms in total. The van der Waals surface area contributed by atoms with Crippen LogP contribution in [0.1, 0.15) is 12.5 Å². The van der Waals surface area contributed by atoms with Gasteiger partial charge in [0.05, 0.1) is 0 Å². The van der Waals surface area contributed by atoms with Crippen LogP contribution in [0.5, 0.6) is 0 Å². The topological polar surface area (TPSA) is 12.0 Å². The van der Waals surface area contributed by atoms with Crippen LogP contribution in [0, 0.1) is 0 Å². The number of benzene rings is 1. The number of nitrogens with one attached hydrogen (secondary N) is 1. The Bertz CT molecular complexity index is 241. The van der Waals surface area contributed by atoms with Gasteiger partial charge in [-0.05, 0) is 18.9 Å². The molecule has 1 aromatic rings. The standard InChI is InChI=1S/C12H17N/c1-3-9-13-11(2)10-12-7-5-4-6-8-12/h3-8,11,13H,1,9-10H2,2H3/t11-/m0/s1. The van der Waals surface area contributed by atoms with Gasteiger partial charge in [0.15, 0.2) is 0 Å². The summed E-state index contributed by atoms with van der Waals surface area (Å²) in [5.74, 6) is 0. The van der Waals surface area contributed by atoms with Crippen LogP contribution in [-0.2, 0) is 6.42 Å². The van der Waals surface area contributed by atoms with E-state index < -0.39 is 0 Å². The lowest BCUT2D eigenvalue weighted by Crippen LogP contribution is -2.27. The molecule has 0 spiro atoms. The van der Waals surface area contributed by atoms with Crippen molar-refractivity contribution in [2.24, 2.45) is 0 Å². The lowest BCUT2D eigenvalue weighted by atomic mass is 10.1. The van der Waals surface area contributed by atoms with Crippen molar-refractivity contribution >= 4 is 0 Å². The van der Waals surface area contributed by atoms with Crippen LogP contribution in [0.2, 0.25) is 0 Å². The van der Waals surface area contributed by atoms with Crippen LogP contribution in [0.3, 0.4) is 0 Å². The smallest absolute Gasteiger partial charge is 0.0134 e. The highest BCUT2D eigenvalue weighted by Crippen LogP contribution is 2.02. The molecular weight excluding hydrogens is 158 g/mol. The van der Waals surface area contributed by atoms with E-state index >= 15 is 0 Å². The van der Waals surface area contributed by atoms with Crippen molar-refractivity contribution < 1.29 is 0 Å². The number of hydrogen-bond donors (Lipinski definition) is 1. The van der Waals surface area contributed by atoms with Crippen molar-refractivity contribution in [2.75, 3.05) is 6.54 Å². The van der Waals surface area contributed by atoms with Crippen LogP contribution >= 0.6 is 0 Å². The highest BCUT2D eigenvalue weighted by Gasteiger charge is 1.99. The van der Waals surface area contributed by atoms with Crippen LogP contribution in [0.4, 0.5) is 0 Å². The summed E-state index contributed by atoms with van der Waals surface area (Å²) in [4.78, 5) is 0. The molecule has 1 aromatic carbocycles. The van der Waals surface area contributed by atoms with Gasteiger partial charge in [-0.3, -0.25) is 0 Å². The molecule has 0 amide bonds. The molecule has 1 heteroatoms. The van der Waals surface area contributed by atoms with Crippen molar-refractivity contribution in [1.82, 2.24) is 5.32 Å². The summed E-state index contributed by atoms with van der Waals surface area (Å²) >= 11 is 0. The first-order valence-corrected chi connectivity index (χ1v) is 4.71. The summed E-state index contributed by atoms with van der Waals surface area (Å²) in [6.45, 7) is 6.75. The fourth-order valence-corrected chi connectivity index (χ4v) is 1.32. The van der Waals surface area contributed by atoms with Crippen LogP contribution in [-0.4, -0.2) is 12.6 Å². The Labute approximate surface area is 80.5 Å². The summed E-state index contributed by atoms with van der Waals surface area (Å²) in [6.07, 6.45) is 2.97. The molecule has 0 unspecified atom stereocenters. The summed E-state index contributed by atoms with van der Waals surface area (Å²) in [7, 11) is 0. The maximum atomic E-state index is 3.68. The predicted molar refractivity (Wildman–Crippen MR) is 57.8 cm³/mol. The van der Waals surface area contributed by atoms with E-state index in [4.69, 9.17) is 0 Å². The van der Waals surface area contributed by atoms with Crippen molar-refractivity contribution in [1.29, 1.82) is 0 Å². The van der Waals surface area contributed by atoms with Gasteiger partial charge < -0.3 is 5.32 Å². The lowest BCUT2D eigenvalue weighted by Gasteiger charge is -2.11. The average molecular weight is 175 g/mol. The summed E-state index contributed by atoms with van der Waals surface area (Å²) in [6, 6.07) is 11.0. The Kier molecular flexibility index (Phi) is 4.27. The second-order valence-electron chi connectivity index (χ2n) is 3.29. The Hall–Kier alpha value is -1.08. The summed E-state index contributed by atoms with van der Waals surface area (Å²) < 4.78 is 0. The molecule has 0 saturated heterocycles. The zero-order chi connectivity index (χ0) is 9.52. The minimum Gasteiger partial charge on any atom is -0.310 e. The fourth-order valence-electron chi connectivity index (χ4n) is 1.32. The van der Waals surface area contributed by atoms with E-state index in [1.807, 2.05) is 12.1 Å². The number of hydrogen-bond acceptors (Lipinski definition) is 1. The van der Waals surface area contributed by atoms with Gasteiger partial charge in [-0.1, -0.05) is 36.4 Å². The molecule has 0 bridgehead atoms. The molecule has 1 atom stereocenters. The monoisotopic (exact) mass is 175 g/mol. The zero-order valence-corrected chi connectivity index (χ0v) is 8.16. The lowest BCUT2D eigenvalue weighted by molar-refractivity contribution is 0.581. The quantitative estimate of drug-likeness (QED) is 0.678. The SMILES string of the molecule is C=CCN[C@@H](C)Cc1ccccc1. The molecule has 0 aliphatic heterocycles. The first kappa shape index (κ1) is 10.0. The van der Waals surface area contributed by atoms with E-state index in [-0.39, 0.29) is 0 Å². The second-order valence-corrected chi connectivity index (χ2v) is 3.29. The van der Waals surface area contributed by atoms with Gasteiger partial charge in [-0.2, -0.15) is 0 Å². The highest BCUT2D eigenvalue weighted by atomic mass is 14.9. The third-order valence-electron chi connectivity index (χ3n) is 2.00. The van der Waals surface area contributed by atoms with E-state index in [1.54, 1.807) is 0 Å². The van der Waals surface area contributed by atoms with Gasteiger partial charge in [0.1, 0.15) is 0 Å². The Morgan fingerprint density at radius 1 is 1.38 bits per heavy atom. The van der Waals surface area contributed by atoms with Crippen molar-refractivity contribution in [3.05, 3.63) is 48.6 Å². The Morgan fingerprint density at radius 3 is 2.69 bits per heavy atom. The van der Waals surface area contributed by atoms with Crippen LogP contribution in [0.25, 0.3) is 0 Å². The van der Waals surface area contributed by atoms with Gasteiger partial charge in [-0.15, -0.1) is 6.58 Å². The molecule has 0 heterocycles. The molecule has 0 fully saturated rings. The molecule has 1 N–H and O–H groups in total. The van der Waals surface area contributed by atoms with Crippen molar-refractivity contribution in [3.8, 4) is 0 Å². The maximum absolute atomic E-state index is 3.68. The molecule has 0 aliphatic rings. The Balaban J connectivity index is 2.36. The van der Waals surface area contributed by atoms with E-state index in [9.17, 15) is 0 Å². The molecule has 13 heavy (non-hydrogen) atoms. The van der Waals surface area contributed by atoms with Crippen molar-refractivity contribution in [3.63, 3.8) is 0 Å². The van der Waals surface area contributed by atoms with Gasteiger partial charge in [0.2, 0.25) is 0 Å². The van der Waals surface area contributed by atoms with Gasteiger partial charge in [0, 0.05) is 12.6 Å². The normalized spacial score (nSPS) is 12.4. The van der Waals surface area contributed by atoms with E-state index in [2.05, 4.69) is 43.1 Å². The second kappa shape index (κ2) is 5.55. The fraction of sp³-hybridized carbons (Fsp3) is 0.333. The maximum Gasteiger partial charge on any atom is 0.0134 e. The third kappa shape index (κ3) is 3.90. The van der Waals surface area contributed by atoms with Gasteiger partial charge in [-0.25, -0.2) is 0 Å². The molecule has 1 rings (SSSR count). The molecule has 0 radical (unpaired) electrons. The average Bonchev–Trinajstić information content (AvgIpc) is 2.16. The van der Waals surface area contributed by atoms with E-state index in [0.29, 0.717) is 6.04 Å². The van der Waals surface area contributed by atoms with Gasteiger partial charge >= 0.3 is 0 Å². The van der Waals surface area contributed by atoms with Gasteiger partial charge in [0.25, 0.3) is 0 Å². The molecular formula is C12H17N. The first-order valence-electron chi connectivity index (χ1n) is 4.71. The summed E-state index contributed by atoms with van der Waals surface area (Å²) in [5.41, 5.74) is 1.38. The number of rotatable bonds is 5. The van der Waals surface area contributed by atoms with Crippen molar-refractivity contribution in [2.45, 2.75) is 19.4 Å². The van der Waals surface area contributed by atoms with E-state index in [1.165, 1.54) is 5.56 Å². The highest BCUT2D eigenvalue weighted by molar-refractivity contribution is 5.15. The molecule has 70 valence electrons. The third-order valence-corrected chi connectivity index (χ3v) is 2.00. The van der Waals surface area contributed by atoms with Crippen LogP contribution < -0.4 is 5.32 Å². The molecule has 0 aliphatic carbocycles. The minimum atomic E-state index is 0.514. The van der Waals surface area contributed by atoms with E-state index in [0.717, 1.165) is 13.0 Å². The molecule has 0 aromatic heterocycles. The predicted octanol–water partition coefficient (Wildman–Crippen LogP) is 2.39. The largest absolute Gasteiger partial charge is 0.310 e. The Morgan fingerprint density at radius 2 is 2.08 bits per heavy atom. The summed E-state index contributed by atoms with van der Waals surface area (Å²) in [5, 5.41) is 3.36. The van der Waals surface area contributed by atoms with Crippen LogP contribution in [0.15, 0.2) is 43.0 Å². The zero-order valence-electron chi connectivity index (χ0n) is 8.16. The minimum absolute atomic E-state index is 0.514.